The number of amides is 4. The van der Waals surface area contributed by atoms with Crippen LogP contribution in [-0.2, 0) is 9.59 Å². The molecule has 7 nitrogen and oxygen atoms in total. The van der Waals surface area contributed by atoms with Gasteiger partial charge in [-0.3, -0.25) is 14.5 Å². The first kappa shape index (κ1) is 13.4. The van der Waals surface area contributed by atoms with Crippen LogP contribution in [0.2, 0.25) is 0 Å². The number of imide groups is 1. The highest BCUT2D eigenvalue weighted by molar-refractivity contribution is 6.08. The van der Waals surface area contributed by atoms with Crippen molar-refractivity contribution in [1.29, 1.82) is 0 Å². The molecule has 96 valence electrons. The molecule has 1 aliphatic heterocycles. The Hall–Kier alpha value is -1.63. The third kappa shape index (κ3) is 3.16. The third-order valence-corrected chi connectivity index (χ3v) is 2.40. The summed E-state index contributed by atoms with van der Waals surface area (Å²) in [6, 6.07) is -0.558. The van der Waals surface area contributed by atoms with E-state index in [1.807, 2.05) is 0 Å². The standard InChI is InChI=1S/C10H17N3O4/c1-10(2)8(16)13(9(17)12-10)6-7(15)11-4-3-5-14/h14H,3-6H2,1-2H3,(H,11,15)(H,12,17). The Kier molecular flexibility index (Phi) is 4.06. The van der Waals surface area contributed by atoms with Crippen molar-refractivity contribution in [2.24, 2.45) is 0 Å². The van der Waals surface area contributed by atoms with Gasteiger partial charge in [-0.25, -0.2) is 4.79 Å². The number of hydrogen-bond donors (Lipinski definition) is 3. The lowest BCUT2D eigenvalue weighted by atomic mass is 10.1. The van der Waals surface area contributed by atoms with Crippen LogP contribution in [0.4, 0.5) is 4.79 Å². The number of nitrogens with one attached hydrogen (secondary N) is 2. The molecule has 1 saturated heterocycles. The first-order valence-electron chi connectivity index (χ1n) is 5.40. The summed E-state index contributed by atoms with van der Waals surface area (Å²) in [4.78, 5) is 35.5. The van der Waals surface area contributed by atoms with Crippen molar-refractivity contribution < 1.29 is 19.5 Å². The lowest BCUT2D eigenvalue weighted by Crippen LogP contribution is -2.43. The maximum atomic E-state index is 11.7. The summed E-state index contributed by atoms with van der Waals surface area (Å²) in [5.74, 6) is -0.834. The highest BCUT2D eigenvalue weighted by atomic mass is 16.3. The molecular formula is C10H17N3O4. The number of nitrogens with zero attached hydrogens (tertiary/aromatic N) is 1. The Morgan fingerprint density at radius 3 is 2.59 bits per heavy atom. The van der Waals surface area contributed by atoms with Gasteiger partial charge < -0.3 is 15.7 Å². The number of rotatable bonds is 5. The van der Waals surface area contributed by atoms with Gasteiger partial charge in [-0.05, 0) is 20.3 Å². The van der Waals surface area contributed by atoms with Crippen molar-refractivity contribution >= 4 is 17.8 Å². The number of carbonyl (C=O) groups excluding carboxylic acids is 3. The van der Waals surface area contributed by atoms with Crippen LogP contribution in [0.3, 0.4) is 0 Å². The third-order valence-electron chi connectivity index (χ3n) is 2.40. The summed E-state index contributed by atoms with van der Waals surface area (Å²) < 4.78 is 0. The highest BCUT2D eigenvalue weighted by Gasteiger charge is 2.44. The molecule has 0 aliphatic carbocycles. The van der Waals surface area contributed by atoms with Crippen LogP contribution in [0.1, 0.15) is 20.3 Å². The molecule has 1 rings (SSSR count). The molecule has 0 unspecified atom stereocenters. The summed E-state index contributed by atoms with van der Waals surface area (Å²) >= 11 is 0. The van der Waals surface area contributed by atoms with E-state index >= 15 is 0 Å². The molecule has 0 radical (unpaired) electrons. The number of hydrogen-bond acceptors (Lipinski definition) is 4. The van der Waals surface area contributed by atoms with Crippen LogP contribution in [-0.4, -0.2) is 53.1 Å². The zero-order chi connectivity index (χ0) is 13.1. The van der Waals surface area contributed by atoms with Crippen LogP contribution in [0.5, 0.6) is 0 Å². The average molecular weight is 243 g/mol. The van der Waals surface area contributed by atoms with Gasteiger partial charge in [-0.2, -0.15) is 0 Å². The van der Waals surface area contributed by atoms with E-state index in [4.69, 9.17) is 5.11 Å². The fourth-order valence-electron chi connectivity index (χ4n) is 1.47. The van der Waals surface area contributed by atoms with Crippen LogP contribution in [0, 0.1) is 0 Å². The smallest absolute Gasteiger partial charge is 0.325 e. The Labute approximate surface area is 99.2 Å². The van der Waals surface area contributed by atoms with Crippen LogP contribution in [0.25, 0.3) is 0 Å². The van der Waals surface area contributed by atoms with Crippen LogP contribution < -0.4 is 10.6 Å². The molecule has 0 aromatic heterocycles. The second-order valence-corrected chi connectivity index (χ2v) is 4.37. The van der Waals surface area contributed by atoms with E-state index in [0.717, 1.165) is 4.90 Å². The minimum absolute atomic E-state index is 0.0174. The van der Waals surface area contributed by atoms with E-state index in [1.54, 1.807) is 13.8 Å². The van der Waals surface area contributed by atoms with E-state index in [1.165, 1.54) is 0 Å². The van der Waals surface area contributed by atoms with Gasteiger partial charge in [0.15, 0.2) is 0 Å². The monoisotopic (exact) mass is 243 g/mol. The lowest BCUT2D eigenvalue weighted by Gasteiger charge is -2.15. The number of aliphatic hydroxyl groups excluding tert-OH is 1. The molecule has 0 bridgehead atoms. The van der Waals surface area contributed by atoms with Gasteiger partial charge in [0.2, 0.25) is 5.91 Å². The van der Waals surface area contributed by atoms with Gasteiger partial charge >= 0.3 is 6.03 Å². The summed E-state index contributed by atoms with van der Waals surface area (Å²) in [6.45, 7) is 3.17. The van der Waals surface area contributed by atoms with Crippen LogP contribution >= 0.6 is 0 Å². The van der Waals surface area contributed by atoms with Gasteiger partial charge in [-0.1, -0.05) is 0 Å². The first-order valence-corrected chi connectivity index (χ1v) is 5.40. The molecule has 0 saturated carbocycles. The fourth-order valence-corrected chi connectivity index (χ4v) is 1.47. The molecule has 0 aromatic rings. The topological polar surface area (TPSA) is 98.7 Å². The van der Waals surface area contributed by atoms with Gasteiger partial charge in [-0.15, -0.1) is 0 Å². The molecule has 1 aliphatic rings. The molecule has 0 atom stereocenters. The Bertz CT molecular complexity index is 340. The average Bonchev–Trinajstić information content (AvgIpc) is 2.41. The summed E-state index contributed by atoms with van der Waals surface area (Å²) in [6.07, 6.45) is 0.442. The second-order valence-electron chi connectivity index (χ2n) is 4.37. The summed E-state index contributed by atoms with van der Waals surface area (Å²) in [5.41, 5.74) is -0.956. The number of carbonyl (C=O) groups is 3. The van der Waals surface area contributed by atoms with E-state index in [9.17, 15) is 14.4 Å². The molecule has 3 N–H and O–H groups in total. The van der Waals surface area contributed by atoms with E-state index in [-0.39, 0.29) is 13.2 Å². The summed E-state index contributed by atoms with van der Waals surface area (Å²) in [5, 5.41) is 13.5. The van der Waals surface area contributed by atoms with Gasteiger partial charge in [0, 0.05) is 13.2 Å². The molecule has 1 fully saturated rings. The molecule has 7 heteroatoms. The minimum atomic E-state index is -0.956. The number of urea groups is 1. The first-order chi connectivity index (χ1) is 7.88. The van der Waals surface area contributed by atoms with Crippen molar-refractivity contribution in [1.82, 2.24) is 15.5 Å². The van der Waals surface area contributed by atoms with Crippen molar-refractivity contribution in [2.45, 2.75) is 25.8 Å². The zero-order valence-corrected chi connectivity index (χ0v) is 9.95. The largest absolute Gasteiger partial charge is 0.396 e. The lowest BCUT2D eigenvalue weighted by molar-refractivity contribution is -0.134. The predicted molar refractivity (Wildman–Crippen MR) is 59.0 cm³/mol. The molecule has 0 spiro atoms. The highest BCUT2D eigenvalue weighted by Crippen LogP contribution is 2.15. The minimum Gasteiger partial charge on any atom is -0.396 e. The maximum absolute atomic E-state index is 11.7. The quantitative estimate of drug-likeness (QED) is 0.418. The second kappa shape index (κ2) is 5.13. The Balaban J connectivity index is 2.49. The van der Waals surface area contributed by atoms with Gasteiger partial charge in [0.1, 0.15) is 12.1 Å². The van der Waals surface area contributed by atoms with Gasteiger partial charge in [0.05, 0.1) is 0 Å². The Morgan fingerprint density at radius 1 is 1.47 bits per heavy atom. The molecular weight excluding hydrogens is 226 g/mol. The maximum Gasteiger partial charge on any atom is 0.325 e. The van der Waals surface area contributed by atoms with Crippen molar-refractivity contribution in [3.63, 3.8) is 0 Å². The predicted octanol–water partition coefficient (Wildman–Crippen LogP) is -1.18. The molecule has 0 aromatic carbocycles. The van der Waals surface area contributed by atoms with Crippen molar-refractivity contribution in [3.05, 3.63) is 0 Å². The molecule has 1 heterocycles. The van der Waals surface area contributed by atoms with E-state index in [2.05, 4.69) is 10.6 Å². The zero-order valence-electron chi connectivity index (χ0n) is 9.95. The van der Waals surface area contributed by atoms with E-state index in [0.29, 0.717) is 13.0 Å². The SMILES string of the molecule is CC1(C)NC(=O)N(CC(=O)NCCCO)C1=O. The van der Waals surface area contributed by atoms with Crippen molar-refractivity contribution in [3.8, 4) is 0 Å². The summed E-state index contributed by atoms with van der Waals surface area (Å²) in [7, 11) is 0. The normalized spacial score (nSPS) is 18.2. The Morgan fingerprint density at radius 2 is 2.12 bits per heavy atom. The molecule has 4 amide bonds. The fraction of sp³-hybridized carbons (Fsp3) is 0.700. The van der Waals surface area contributed by atoms with Crippen molar-refractivity contribution in [2.75, 3.05) is 19.7 Å². The van der Waals surface area contributed by atoms with Crippen LogP contribution in [0.15, 0.2) is 0 Å². The number of aliphatic hydroxyl groups is 1. The van der Waals surface area contributed by atoms with E-state index < -0.39 is 23.4 Å². The van der Waals surface area contributed by atoms with Gasteiger partial charge in [0.25, 0.3) is 5.91 Å². The molecule has 17 heavy (non-hydrogen) atoms.